The number of allylic oxidation sites excluding steroid dienone is 1. The van der Waals surface area contributed by atoms with Crippen LogP contribution < -0.4 is 10.1 Å². The fourth-order valence-corrected chi connectivity index (χ4v) is 4.12. The van der Waals surface area contributed by atoms with E-state index in [9.17, 15) is 14.7 Å². The van der Waals surface area contributed by atoms with E-state index in [1.807, 2.05) is 32.0 Å². The van der Waals surface area contributed by atoms with Crippen molar-refractivity contribution in [1.82, 2.24) is 10.2 Å². The van der Waals surface area contributed by atoms with Gasteiger partial charge in [0.25, 0.3) is 0 Å². The maximum absolute atomic E-state index is 13.0. The van der Waals surface area contributed by atoms with Crippen LogP contribution >= 0.6 is 0 Å². The molecular weight excluding hydrogens is 400 g/mol. The lowest BCUT2D eigenvalue weighted by molar-refractivity contribution is -0.133. The van der Waals surface area contributed by atoms with Gasteiger partial charge in [-0.05, 0) is 26.0 Å². The molecule has 8 heteroatoms. The molecule has 0 saturated heterocycles. The molecule has 1 aromatic rings. The molecule has 1 aliphatic carbocycles. The first-order valence-electron chi connectivity index (χ1n) is 10.4. The topological polar surface area (TPSA) is 108 Å². The first kappa shape index (κ1) is 23.0. The van der Waals surface area contributed by atoms with E-state index >= 15 is 0 Å². The highest BCUT2D eigenvalue weighted by atomic mass is 16.5. The number of amides is 2. The number of methoxy groups -OCH3 is 1. The van der Waals surface area contributed by atoms with Crippen molar-refractivity contribution in [3.05, 3.63) is 53.1 Å². The Balaban J connectivity index is 2.04. The summed E-state index contributed by atoms with van der Waals surface area (Å²) in [6.45, 7) is 4.08. The molecule has 0 spiro atoms. The summed E-state index contributed by atoms with van der Waals surface area (Å²) in [5, 5.41) is 23.1. The van der Waals surface area contributed by atoms with Crippen LogP contribution in [0.2, 0.25) is 0 Å². The van der Waals surface area contributed by atoms with E-state index in [4.69, 9.17) is 14.6 Å². The standard InChI is InChI=1S/C23H30N2O6/c1-14(2)12-19(27)25(9-11-30-3)17-13-16(23(29)24-8-10-26)20-15-6-4-5-7-18(15)31-22(20)21(17)28/h4-7,12-13,17,20-22,26,28H,8-11H2,1-3H3,(H,24,29). The van der Waals surface area contributed by atoms with Crippen LogP contribution in [0.1, 0.15) is 25.3 Å². The zero-order chi connectivity index (χ0) is 22.5. The van der Waals surface area contributed by atoms with Gasteiger partial charge in [0.15, 0.2) is 0 Å². The number of nitrogens with one attached hydrogen (secondary N) is 1. The van der Waals surface area contributed by atoms with Gasteiger partial charge in [0.2, 0.25) is 11.8 Å². The number of carbonyl (C=O) groups excluding carboxylic acids is 2. The third-order valence-electron chi connectivity index (χ3n) is 5.47. The molecule has 1 aromatic carbocycles. The molecule has 2 aliphatic rings. The number of hydrogen-bond acceptors (Lipinski definition) is 6. The van der Waals surface area contributed by atoms with Gasteiger partial charge >= 0.3 is 0 Å². The summed E-state index contributed by atoms with van der Waals surface area (Å²) in [4.78, 5) is 27.4. The van der Waals surface area contributed by atoms with Crippen molar-refractivity contribution in [3.8, 4) is 5.75 Å². The molecule has 0 aromatic heterocycles. The van der Waals surface area contributed by atoms with Crippen LogP contribution in [0.25, 0.3) is 0 Å². The summed E-state index contributed by atoms with van der Waals surface area (Å²) >= 11 is 0. The molecule has 1 heterocycles. The molecule has 0 saturated carbocycles. The molecule has 0 fully saturated rings. The molecule has 2 amide bonds. The monoisotopic (exact) mass is 430 g/mol. The predicted molar refractivity (Wildman–Crippen MR) is 115 cm³/mol. The van der Waals surface area contributed by atoms with Crippen molar-refractivity contribution < 1.29 is 29.3 Å². The molecule has 4 unspecified atom stereocenters. The normalized spacial score (nSPS) is 23.7. The van der Waals surface area contributed by atoms with Crippen LogP contribution in [0, 0.1) is 0 Å². The molecule has 0 radical (unpaired) electrons. The highest BCUT2D eigenvalue weighted by molar-refractivity contribution is 5.96. The fraction of sp³-hybridized carbons (Fsp3) is 0.478. The number of fused-ring (bicyclic) bond motifs is 3. The number of hydrogen-bond donors (Lipinski definition) is 3. The summed E-state index contributed by atoms with van der Waals surface area (Å²) in [5.41, 5.74) is 2.05. The van der Waals surface area contributed by atoms with Crippen LogP contribution in [0.4, 0.5) is 0 Å². The maximum atomic E-state index is 13.0. The summed E-state index contributed by atoms with van der Waals surface area (Å²) in [5.74, 6) is -0.495. The largest absolute Gasteiger partial charge is 0.486 e. The number of benzene rings is 1. The van der Waals surface area contributed by atoms with E-state index in [-0.39, 0.29) is 38.1 Å². The van der Waals surface area contributed by atoms with Gasteiger partial charge in [-0.2, -0.15) is 0 Å². The van der Waals surface area contributed by atoms with Gasteiger partial charge in [-0.3, -0.25) is 9.59 Å². The van der Waals surface area contributed by atoms with Gasteiger partial charge < -0.3 is 29.9 Å². The lowest BCUT2D eigenvalue weighted by Crippen LogP contribution is -2.56. The van der Waals surface area contributed by atoms with Crippen molar-refractivity contribution in [2.24, 2.45) is 0 Å². The molecule has 8 nitrogen and oxygen atoms in total. The third-order valence-corrected chi connectivity index (χ3v) is 5.47. The Morgan fingerprint density at radius 2 is 2.03 bits per heavy atom. The number of carbonyl (C=O) groups is 2. The number of aliphatic hydroxyl groups is 2. The molecule has 168 valence electrons. The van der Waals surface area contributed by atoms with Gasteiger partial charge in [-0.25, -0.2) is 0 Å². The second-order valence-electron chi connectivity index (χ2n) is 7.93. The molecule has 1 aliphatic heterocycles. The molecule has 31 heavy (non-hydrogen) atoms. The van der Waals surface area contributed by atoms with Gasteiger partial charge in [0, 0.05) is 37.4 Å². The Morgan fingerprint density at radius 1 is 1.29 bits per heavy atom. The lowest BCUT2D eigenvalue weighted by atomic mass is 9.77. The first-order chi connectivity index (χ1) is 14.9. The average molecular weight is 431 g/mol. The summed E-state index contributed by atoms with van der Waals surface area (Å²) in [6.07, 6.45) is 1.39. The Morgan fingerprint density at radius 3 is 2.71 bits per heavy atom. The zero-order valence-corrected chi connectivity index (χ0v) is 18.1. The fourth-order valence-electron chi connectivity index (χ4n) is 4.12. The molecular formula is C23H30N2O6. The summed E-state index contributed by atoms with van der Waals surface area (Å²) in [6, 6.07) is 6.59. The summed E-state index contributed by atoms with van der Waals surface area (Å²) in [7, 11) is 1.54. The minimum Gasteiger partial charge on any atom is -0.486 e. The van der Waals surface area contributed by atoms with Crippen molar-refractivity contribution in [2.45, 2.75) is 38.0 Å². The van der Waals surface area contributed by atoms with E-state index in [0.717, 1.165) is 11.1 Å². The SMILES string of the molecule is COCCN(C(=O)C=C(C)C)C1C=C(C(=O)NCCO)C2c3ccccc3OC2C1O. The highest BCUT2D eigenvalue weighted by Gasteiger charge is 2.50. The van der Waals surface area contributed by atoms with E-state index < -0.39 is 24.2 Å². The number of ether oxygens (including phenoxy) is 2. The van der Waals surface area contributed by atoms with Crippen molar-refractivity contribution >= 4 is 11.8 Å². The minimum absolute atomic E-state index is 0.105. The van der Waals surface area contributed by atoms with Crippen LogP contribution in [-0.2, 0) is 14.3 Å². The minimum atomic E-state index is -1.04. The maximum Gasteiger partial charge on any atom is 0.247 e. The van der Waals surface area contributed by atoms with Crippen molar-refractivity contribution in [2.75, 3.05) is 33.4 Å². The molecule has 3 N–H and O–H groups in total. The Labute approximate surface area is 182 Å². The zero-order valence-electron chi connectivity index (χ0n) is 18.1. The van der Waals surface area contributed by atoms with E-state index in [1.165, 1.54) is 18.1 Å². The number of rotatable bonds is 8. The predicted octanol–water partition coefficient (Wildman–Crippen LogP) is 0.750. The number of nitrogens with zero attached hydrogens (tertiary/aromatic N) is 1. The van der Waals surface area contributed by atoms with E-state index in [0.29, 0.717) is 11.3 Å². The third kappa shape index (κ3) is 4.81. The smallest absolute Gasteiger partial charge is 0.247 e. The van der Waals surface area contributed by atoms with Crippen LogP contribution in [0.3, 0.4) is 0 Å². The van der Waals surface area contributed by atoms with Gasteiger partial charge in [0.05, 0.1) is 25.2 Å². The van der Waals surface area contributed by atoms with Crippen LogP contribution in [0.15, 0.2) is 47.6 Å². The van der Waals surface area contributed by atoms with Gasteiger partial charge in [-0.1, -0.05) is 23.8 Å². The van der Waals surface area contributed by atoms with Gasteiger partial charge in [-0.15, -0.1) is 0 Å². The second kappa shape index (κ2) is 10.1. The highest BCUT2D eigenvalue weighted by Crippen LogP contribution is 2.47. The Hall–Kier alpha value is -2.68. The molecule has 4 atom stereocenters. The second-order valence-corrected chi connectivity index (χ2v) is 7.93. The van der Waals surface area contributed by atoms with Crippen molar-refractivity contribution in [1.29, 1.82) is 0 Å². The average Bonchev–Trinajstić information content (AvgIpc) is 3.13. The quantitative estimate of drug-likeness (QED) is 0.526. The number of aliphatic hydroxyl groups excluding tert-OH is 2. The Bertz CT molecular complexity index is 877. The van der Waals surface area contributed by atoms with Gasteiger partial charge in [0.1, 0.15) is 18.0 Å². The molecule has 3 rings (SSSR count). The van der Waals surface area contributed by atoms with Crippen molar-refractivity contribution in [3.63, 3.8) is 0 Å². The van der Waals surface area contributed by atoms with E-state index in [2.05, 4.69) is 5.32 Å². The lowest BCUT2D eigenvalue weighted by Gasteiger charge is -2.40. The number of para-hydroxylation sites is 1. The Kier molecular flexibility index (Phi) is 7.48. The summed E-state index contributed by atoms with van der Waals surface area (Å²) < 4.78 is 11.2. The van der Waals surface area contributed by atoms with Crippen LogP contribution in [-0.4, -0.2) is 78.6 Å². The first-order valence-corrected chi connectivity index (χ1v) is 10.4. The van der Waals surface area contributed by atoms with Crippen LogP contribution in [0.5, 0.6) is 5.75 Å². The molecule has 0 bridgehead atoms. The van der Waals surface area contributed by atoms with E-state index in [1.54, 1.807) is 12.1 Å².